The van der Waals surface area contributed by atoms with E-state index in [1.807, 2.05) is 35.2 Å². The molecule has 6 atom stereocenters. The number of carbonyl (C=O) groups is 1. The smallest absolute Gasteiger partial charge is 0.239 e. The van der Waals surface area contributed by atoms with Crippen LogP contribution >= 0.6 is 0 Å². The number of aliphatic hydroxyl groups is 2. The summed E-state index contributed by atoms with van der Waals surface area (Å²) in [6.07, 6.45) is 17.0. The van der Waals surface area contributed by atoms with E-state index in [0.29, 0.717) is 67.8 Å². The van der Waals surface area contributed by atoms with Crippen LogP contribution in [0.5, 0.6) is 23.0 Å². The van der Waals surface area contributed by atoms with Gasteiger partial charge in [-0.05, 0) is 91.3 Å². The third-order valence-electron chi connectivity index (χ3n) is 12.9. The molecule has 0 aromatic heterocycles. The summed E-state index contributed by atoms with van der Waals surface area (Å²) in [4.78, 5) is 22.7. The molecule has 1 amide bonds. The lowest BCUT2D eigenvalue weighted by Crippen LogP contribution is -2.70. The van der Waals surface area contributed by atoms with Crippen LogP contribution in [0.1, 0.15) is 101 Å². The Balaban J connectivity index is 1.41. The van der Waals surface area contributed by atoms with Gasteiger partial charge < -0.3 is 43.6 Å². The van der Waals surface area contributed by atoms with Gasteiger partial charge in [-0.15, -0.1) is 6.58 Å². The fraction of sp³-hybridized carbons (Fsp3) is 0.574. The molecular weight excluding hydrogens is 737 g/mol. The third kappa shape index (κ3) is 8.82. The second-order valence-electron chi connectivity index (χ2n) is 16.5. The second-order valence-corrected chi connectivity index (χ2v) is 16.5. The predicted molar refractivity (Wildman–Crippen MR) is 222 cm³/mol. The van der Waals surface area contributed by atoms with Crippen LogP contribution < -0.4 is 18.9 Å². The summed E-state index contributed by atoms with van der Waals surface area (Å²) < 4.78 is 32.1. The molecule has 2 fully saturated rings. The molecule has 2 aromatic carbocycles. The monoisotopic (exact) mass is 798 g/mol. The lowest BCUT2D eigenvalue weighted by Gasteiger charge is -2.60. The van der Waals surface area contributed by atoms with E-state index in [4.69, 9.17) is 33.7 Å². The predicted octanol–water partition coefficient (Wildman–Crippen LogP) is 8.24. The maximum atomic E-state index is 15.1. The fourth-order valence-corrected chi connectivity index (χ4v) is 10.4. The van der Waals surface area contributed by atoms with Gasteiger partial charge in [0, 0.05) is 44.1 Å². The molecule has 2 aliphatic heterocycles. The van der Waals surface area contributed by atoms with E-state index in [0.717, 1.165) is 67.4 Å². The lowest BCUT2D eigenvalue weighted by molar-refractivity contribution is -0.258. The molecule has 5 aliphatic rings. The number of hydrogen-bond donors (Lipinski definition) is 2. The lowest BCUT2D eigenvalue weighted by atomic mass is 9.55. The van der Waals surface area contributed by atoms with E-state index in [1.54, 1.807) is 19.3 Å². The minimum atomic E-state index is -1.33. The van der Waals surface area contributed by atoms with Gasteiger partial charge in [0.25, 0.3) is 0 Å². The number of oxime groups is 1. The molecule has 0 radical (unpaired) electrons. The van der Waals surface area contributed by atoms with Crippen LogP contribution in [-0.4, -0.2) is 78.9 Å². The first-order valence-corrected chi connectivity index (χ1v) is 21.5. The van der Waals surface area contributed by atoms with Crippen LogP contribution in [0, 0.1) is 23.7 Å². The van der Waals surface area contributed by atoms with Crippen LogP contribution in [-0.2, 0) is 20.9 Å². The maximum absolute atomic E-state index is 15.1. The number of aliphatic hydroxyl groups excluding tert-OH is 2. The van der Waals surface area contributed by atoms with Gasteiger partial charge in [0.15, 0.2) is 11.5 Å². The molecule has 0 spiro atoms. The fourth-order valence-electron chi connectivity index (χ4n) is 10.4. The van der Waals surface area contributed by atoms with Crippen LogP contribution in [0.4, 0.5) is 0 Å². The van der Waals surface area contributed by atoms with Crippen molar-refractivity contribution in [2.45, 2.75) is 108 Å². The van der Waals surface area contributed by atoms with Gasteiger partial charge in [-0.1, -0.05) is 74.6 Å². The Morgan fingerprint density at radius 1 is 0.948 bits per heavy atom. The molecule has 7 rings (SSSR count). The summed E-state index contributed by atoms with van der Waals surface area (Å²) in [5, 5.41) is 24.5. The molecule has 2 aromatic rings. The van der Waals surface area contributed by atoms with Crippen LogP contribution in [0.15, 0.2) is 78.5 Å². The number of ether oxygens (including phenoxy) is 5. The summed E-state index contributed by atoms with van der Waals surface area (Å²) in [7, 11) is 1.57. The number of benzene rings is 2. The minimum absolute atomic E-state index is 0.0386. The summed E-state index contributed by atoms with van der Waals surface area (Å²) in [6.45, 7) is 9.20. The highest BCUT2D eigenvalue weighted by molar-refractivity contribution is 6.03. The molecule has 2 saturated carbocycles. The normalized spacial score (nSPS) is 26.3. The van der Waals surface area contributed by atoms with Crippen LogP contribution in [0.2, 0.25) is 0 Å². The Morgan fingerprint density at radius 3 is 2.47 bits per heavy atom. The maximum Gasteiger partial charge on any atom is 0.239 e. The number of rotatable bonds is 21. The summed E-state index contributed by atoms with van der Waals surface area (Å²) >= 11 is 0. The summed E-state index contributed by atoms with van der Waals surface area (Å²) in [5.41, 5.74) is 3.70. The van der Waals surface area contributed by atoms with Gasteiger partial charge in [-0.25, -0.2) is 0 Å². The number of amides is 1. The largest absolute Gasteiger partial charge is 0.490 e. The first kappa shape index (κ1) is 41.8. The molecule has 2 N–H and O–H groups in total. The van der Waals surface area contributed by atoms with E-state index in [-0.39, 0.29) is 50.3 Å². The van der Waals surface area contributed by atoms with E-state index in [9.17, 15) is 10.2 Å². The zero-order chi connectivity index (χ0) is 40.5. The number of carbonyl (C=O) groups excluding carboxylic acids is 1. The highest BCUT2D eigenvalue weighted by Crippen LogP contribution is 2.62. The average Bonchev–Trinajstić information content (AvgIpc) is 3.95. The molecule has 2 heterocycles. The number of hydrogen-bond acceptors (Lipinski definition) is 10. The van der Waals surface area contributed by atoms with E-state index < -0.39 is 17.7 Å². The van der Waals surface area contributed by atoms with Crippen molar-refractivity contribution in [3.05, 3.63) is 84.5 Å². The SMILES string of the molecule is C=CCOc1ccc2c(c1)C1C(CCCCO)C(CCCCO)C=C3C(=NOC)CC(N(Cc4ccc5c(c4)OCO5)C(=O)CCC4CCCC4)C(OCC=C)(O2)C31. The first-order chi connectivity index (χ1) is 28.4. The molecule has 11 heteroatoms. The molecule has 314 valence electrons. The quantitative estimate of drug-likeness (QED) is 0.0729. The Bertz CT molecular complexity index is 1800. The molecule has 6 unspecified atom stereocenters. The van der Waals surface area contributed by atoms with Crippen LogP contribution in [0.25, 0.3) is 0 Å². The Labute approximate surface area is 343 Å². The topological polar surface area (TPSA) is 129 Å². The van der Waals surface area contributed by atoms with Gasteiger partial charge in [-0.3, -0.25) is 4.79 Å². The molecule has 0 saturated heterocycles. The zero-order valence-corrected chi connectivity index (χ0v) is 34.2. The van der Waals surface area contributed by atoms with Gasteiger partial charge in [0.1, 0.15) is 31.3 Å². The van der Waals surface area contributed by atoms with Gasteiger partial charge >= 0.3 is 0 Å². The van der Waals surface area contributed by atoms with Crippen molar-refractivity contribution in [2.24, 2.45) is 28.8 Å². The van der Waals surface area contributed by atoms with Crippen molar-refractivity contribution < 1.29 is 43.5 Å². The van der Waals surface area contributed by atoms with Crippen molar-refractivity contribution >= 4 is 11.6 Å². The molecule has 3 aliphatic carbocycles. The molecule has 11 nitrogen and oxygen atoms in total. The van der Waals surface area contributed by atoms with E-state index in [2.05, 4.69) is 25.3 Å². The second kappa shape index (κ2) is 19.6. The zero-order valence-electron chi connectivity index (χ0n) is 34.2. The third-order valence-corrected chi connectivity index (χ3v) is 12.9. The minimum Gasteiger partial charge on any atom is -0.490 e. The summed E-state index contributed by atoms with van der Waals surface area (Å²) in [6, 6.07) is 11.3. The van der Waals surface area contributed by atoms with Crippen molar-refractivity contribution in [1.82, 2.24) is 4.90 Å². The Hall–Kier alpha value is -4.32. The van der Waals surface area contributed by atoms with Gasteiger partial charge in [-0.2, -0.15) is 0 Å². The molecule has 58 heavy (non-hydrogen) atoms. The van der Waals surface area contributed by atoms with E-state index >= 15 is 4.79 Å². The van der Waals surface area contributed by atoms with Gasteiger partial charge in [0.2, 0.25) is 18.5 Å². The highest BCUT2D eigenvalue weighted by Gasteiger charge is 2.65. The number of fused-ring (bicyclic) bond motifs is 3. The van der Waals surface area contributed by atoms with Crippen LogP contribution in [0.3, 0.4) is 0 Å². The van der Waals surface area contributed by atoms with Crippen molar-refractivity contribution in [3.8, 4) is 23.0 Å². The number of allylic oxidation sites excluding steroid dienone is 1. The standard InChI is InChI=1S/C47H62N2O9/c1-4-24-54-35-18-20-40-38(28-35)45-36(15-9-11-23-51)34(14-8-10-22-50)27-37-39(48-53-3)29-43(47(58-40,46(37)45)57-25-5-2)49(44(52)21-17-32-12-6-7-13-32)30-33-16-19-41-42(26-33)56-31-55-41/h4-5,16,18-20,26-28,32,34,36,43,45-46,50-51H,1-2,6-15,17,21-25,29-31H2,3H3. The molecule has 0 bridgehead atoms. The molecular formula is C47H62N2O9. The first-order valence-electron chi connectivity index (χ1n) is 21.5. The summed E-state index contributed by atoms with van der Waals surface area (Å²) in [5.74, 6) is 1.72. The van der Waals surface area contributed by atoms with Crippen molar-refractivity contribution in [1.29, 1.82) is 0 Å². The highest BCUT2D eigenvalue weighted by atomic mass is 16.7. The average molecular weight is 799 g/mol. The van der Waals surface area contributed by atoms with Gasteiger partial charge in [0.05, 0.1) is 18.2 Å². The number of unbranched alkanes of at least 4 members (excludes halogenated alkanes) is 2. The van der Waals surface area contributed by atoms with Crippen molar-refractivity contribution in [3.63, 3.8) is 0 Å². The Kier molecular flexibility index (Phi) is 14.1. The van der Waals surface area contributed by atoms with E-state index in [1.165, 1.54) is 12.8 Å². The number of nitrogens with zero attached hydrogens (tertiary/aromatic N) is 2. The Morgan fingerprint density at radius 2 is 1.71 bits per heavy atom. The van der Waals surface area contributed by atoms with Crippen molar-refractivity contribution in [2.75, 3.05) is 40.3 Å².